The molecule has 1 aromatic carbocycles. The van der Waals surface area contributed by atoms with Crippen molar-refractivity contribution in [2.24, 2.45) is 0 Å². The van der Waals surface area contributed by atoms with E-state index < -0.39 is 0 Å². The maximum absolute atomic E-state index is 13.5. The first kappa shape index (κ1) is 14.1. The van der Waals surface area contributed by atoms with Crippen molar-refractivity contribution in [1.29, 1.82) is 0 Å². The zero-order chi connectivity index (χ0) is 13.8. The Hall–Kier alpha value is -1.33. The number of halogens is 1. The highest BCUT2D eigenvalue weighted by molar-refractivity contribution is 5.68. The monoisotopic (exact) mass is 266 g/mol. The van der Waals surface area contributed by atoms with Crippen LogP contribution >= 0.6 is 0 Å². The van der Waals surface area contributed by atoms with E-state index >= 15 is 0 Å². The SMILES string of the molecule is CN(C)CCN1CCN(c2cccc(F)c2N)CC1. The van der Waals surface area contributed by atoms with Crippen LogP contribution in [0.5, 0.6) is 0 Å². The molecule has 5 heteroatoms. The largest absolute Gasteiger partial charge is 0.395 e. The maximum Gasteiger partial charge on any atom is 0.148 e. The highest BCUT2D eigenvalue weighted by Gasteiger charge is 2.19. The third kappa shape index (κ3) is 3.58. The predicted octanol–water partition coefficient (Wildman–Crippen LogP) is 1.09. The van der Waals surface area contributed by atoms with Crippen molar-refractivity contribution in [3.05, 3.63) is 24.0 Å². The van der Waals surface area contributed by atoms with Gasteiger partial charge >= 0.3 is 0 Å². The third-order valence-electron chi connectivity index (χ3n) is 3.61. The second kappa shape index (κ2) is 6.21. The van der Waals surface area contributed by atoms with Crippen LogP contribution in [0.25, 0.3) is 0 Å². The van der Waals surface area contributed by atoms with Crippen LogP contribution in [0.4, 0.5) is 15.8 Å². The Bertz CT molecular complexity index is 414. The van der Waals surface area contributed by atoms with E-state index in [9.17, 15) is 4.39 Å². The van der Waals surface area contributed by atoms with Crippen molar-refractivity contribution in [3.8, 4) is 0 Å². The Morgan fingerprint density at radius 3 is 2.53 bits per heavy atom. The molecule has 4 nitrogen and oxygen atoms in total. The molecule has 0 spiro atoms. The number of likely N-dealkylation sites (N-methyl/N-ethyl adjacent to an activating group) is 1. The van der Waals surface area contributed by atoms with Crippen LogP contribution < -0.4 is 10.6 Å². The summed E-state index contributed by atoms with van der Waals surface area (Å²) in [7, 11) is 4.17. The quantitative estimate of drug-likeness (QED) is 0.828. The van der Waals surface area contributed by atoms with E-state index in [2.05, 4.69) is 28.8 Å². The van der Waals surface area contributed by atoms with Gasteiger partial charge in [-0.1, -0.05) is 6.07 Å². The van der Waals surface area contributed by atoms with Crippen molar-refractivity contribution in [2.75, 3.05) is 64.0 Å². The number of para-hydroxylation sites is 1. The average molecular weight is 266 g/mol. The molecule has 0 radical (unpaired) electrons. The summed E-state index contributed by atoms with van der Waals surface area (Å²) in [6.45, 7) is 5.97. The number of anilines is 2. The van der Waals surface area contributed by atoms with Gasteiger partial charge in [0.1, 0.15) is 5.82 Å². The summed E-state index contributed by atoms with van der Waals surface area (Å²) in [5.74, 6) is -0.326. The first-order valence-electron chi connectivity index (χ1n) is 6.74. The summed E-state index contributed by atoms with van der Waals surface area (Å²) in [5.41, 5.74) is 6.90. The molecule has 2 rings (SSSR count). The Morgan fingerprint density at radius 2 is 1.89 bits per heavy atom. The minimum Gasteiger partial charge on any atom is -0.395 e. The summed E-state index contributed by atoms with van der Waals surface area (Å²) >= 11 is 0. The van der Waals surface area contributed by atoms with E-state index in [0.717, 1.165) is 45.0 Å². The maximum atomic E-state index is 13.5. The number of nitrogen functional groups attached to an aromatic ring is 1. The van der Waals surface area contributed by atoms with Gasteiger partial charge in [-0.2, -0.15) is 0 Å². The van der Waals surface area contributed by atoms with E-state index in [1.54, 1.807) is 6.07 Å². The van der Waals surface area contributed by atoms with E-state index in [0.29, 0.717) is 0 Å². The number of nitrogens with zero attached hydrogens (tertiary/aromatic N) is 3. The topological polar surface area (TPSA) is 35.7 Å². The summed E-state index contributed by atoms with van der Waals surface area (Å²) in [4.78, 5) is 6.80. The van der Waals surface area contributed by atoms with Gasteiger partial charge in [0.15, 0.2) is 0 Å². The normalized spacial score (nSPS) is 17.2. The number of piperazine rings is 1. The first-order chi connectivity index (χ1) is 9.08. The van der Waals surface area contributed by atoms with Crippen LogP contribution in [-0.4, -0.2) is 63.2 Å². The number of hydrogen-bond acceptors (Lipinski definition) is 4. The molecule has 0 aliphatic carbocycles. The Morgan fingerprint density at radius 1 is 1.21 bits per heavy atom. The second-order valence-electron chi connectivity index (χ2n) is 5.30. The Kier molecular flexibility index (Phi) is 4.61. The Labute approximate surface area is 114 Å². The molecule has 0 aromatic heterocycles. The van der Waals surface area contributed by atoms with E-state index in [4.69, 9.17) is 5.73 Å². The van der Waals surface area contributed by atoms with Gasteiger partial charge in [-0.05, 0) is 26.2 Å². The van der Waals surface area contributed by atoms with Gasteiger partial charge in [-0.25, -0.2) is 4.39 Å². The molecule has 1 fully saturated rings. The van der Waals surface area contributed by atoms with Gasteiger partial charge in [0.05, 0.1) is 11.4 Å². The minimum absolute atomic E-state index is 0.268. The summed E-state index contributed by atoms with van der Waals surface area (Å²) in [6.07, 6.45) is 0. The minimum atomic E-state index is -0.326. The van der Waals surface area contributed by atoms with Gasteiger partial charge in [0.2, 0.25) is 0 Å². The van der Waals surface area contributed by atoms with Crippen LogP contribution in [0, 0.1) is 5.82 Å². The van der Waals surface area contributed by atoms with Gasteiger partial charge in [0.25, 0.3) is 0 Å². The molecule has 1 aliphatic rings. The number of hydrogen-bond donors (Lipinski definition) is 1. The molecule has 0 amide bonds. The lowest BCUT2D eigenvalue weighted by Gasteiger charge is -2.37. The average Bonchev–Trinajstić information content (AvgIpc) is 2.40. The molecule has 19 heavy (non-hydrogen) atoms. The molecule has 2 N–H and O–H groups in total. The first-order valence-corrected chi connectivity index (χ1v) is 6.74. The molecule has 0 bridgehead atoms. The Balaban J connectivity index is 1.91. The standard InChI is InChI=1S/C14H23FN4/c1-17(2)6-7-18-8-10-19(11-9-18)13-5-3-4-12(15)14(13)16/h3-5H,6-11,16H2,1-2H3. The third-order valence-corrected chi connectivity index (χ3v) is 3.61. The fraction of sp³-hybridized carbons (Fsp3) is 0.571. The molecule has 0 saturated carbocycles. The molecule has 1 heterocycles. The molecular weight excluding hydrogens is 243 g/mol. The lowest BCUT2D eigenvalue weighted by molar-refractivity contribution is 0.229. The zero-order valence-corrected chi connectivity index (χ0v) is 11.8. The molecule has 1 aliphatic heterocycles. The van der Waals surface area contributed by atoms with Gasteiger partial charge in [0, 0.05) is 39.3 Å². The smallest absolute Gasteiger partial charge is 0.148 e. The highest BCUT2D eigenvalue weighted by Crippen LogP contribution is 2.26. The van der Waals surface area contributed by atoms with Crippen molar-refractivity contribution in [1.82, 2.24) is 9.80 Å². The van der Waals surface area contributed by atoms with Crippen molar-refractivity contribution < 1.29 is 4.39 Å². The molecular formula is C14H23FN4. The lowest BCUT2D eigenvalue weighted by atomic mass is 10.2. The summed E-state index contributed by atoms with van der Waals surface area (Å²) in [5, 5.41) is 0. The lowest BCUT2D eigenvalue weighted by Crippen LogP contribution is -2.48. The van der Waals surface area contributed by atoms with Gasteiger partial charge in [-0.15, -0.1) is 0 Å². The van der Waals surface area contributed by atoms with Crippen LogP contribution in [0.2, 0.25) is 0 Å². The second-order valence-corrected chi connectivity index (χ2v) is 5.30. The number of benzene rings is 1. The molecule has 0 atom stereocenters. The number of nitrogens with two attached hydrogens (primary N) is 1. The fourth-order valence-electron chi connectivity index (χ4n) is 2.36. The van der Waals surface area contributed by atoms with Gasteiger partial charge in [-0.3, -0.25) is 4.90 Å². The van der Waals surface area contributed by atoms with Crippen LogP contribution in [0.3, 0.4) is 0 Å². The molecule has 106 valence electrons. The van der Waals surface area contributed by atoms with Crippen LogP contribution in [0.1, 0.15) is 0 Å². The molecule has 1 aromatic rings. The molecule has 0 unspecified atom stereocenters. The fourth-order valence-corrected chi connectivity index (χ4v) is 2.36. The van der Waals surface area contributed by atoms with Gasteiger partial charge < -0.3 is 15.5 Å². The van der Waals surface area contributed by atoms with Crippen LogP contribution in [0.15, 0.2) is 18.2 Å². The van der Waals surface area contributed by atoms with Crippen LogP contribution in [-0.2, 0) is 0 Å². The molecule has 1 saturated heterocycles. The van der Waals surface area contributed by atoms with E-state index in [1.165, 1.54) is 6.07 Å². The summed E-state index contributed by atoms with van der Waals surface area (Å²) in [6, 6.07) is 5.03. The van der Waals surface area contributed by atoms with Crippen molar-refractivity contribution in [3.63, 3.8) is 0 Å². The van der Waals surface area contributed by atoms with E-state index in [-0.39, 0.29) is 11.5 Å². The van der Waals surface area contributed by atoms with Crippen molar-refractivity contribution >= 4 is 11.4 Å². The van der Waals surface area contributed by atoms with Crippen molar-refractivity contribution in [2.45, 2.75) is 0 Å². The van der Waals surface area contributed by atoms with E-state index in [1.807, 2.05) is 6.07 Å². The highest BCUT2D eigenvalue weighted by atomic mass is 19.1. The zero-order valence-electron chi connectivity index (χ0n) is 11.8. The predicted molar refractivity (Wildman–Crippen MR) is 78.0 cm³/mol. The summed E-state index contributed by atoms with van der Waals surface area (Å²) < 4.78 is 13.5. The number of rotatable bonds is 4.